The van der Waals surface area contributed by atoms with Crippen LogP contribution in [0.3, 0.4) is 0 Å². The standard InChI is InChI=1S/C29H37N2O/c1-5-18(3)25-23-16-19(6-2)26-21(11-8-13-30(26)4)28(23)32-29-22-12-9-15-31-14-7-10-20(27(22)31)17-24(25)29/h16-18H,5-15H2,1-4H3/q+1. The lowest BCUT2D eigenvalue weighted by Gasteiger charge is -2.39. The van der Waals surface area contributed by atoms with Crippen molar-refractivity contribution in [1.29, 1.82) is 0 Å². The summed E-state index contributed by atoms with van der Waals surface area (Å²) in [5.41, 5.74) is 10.4. The van der Waals surface area contributed by atoms with Crippen LogP contribution in [0.2, 0.25) is 0 Å². The van der Waals surface area contributed by atoms with Crippen LogP contribution in [-0.2, 0) is 25.7 Å². The molecule has 0 bridgehead atoms. The van der Waals surface area contributed by atoms with E-state index in [4.69, 9.17) is 4.74 Å². The van der Waals surface area contributed by atoms with Crippen molar-refractivity contribution < 1.29 is 4.74 Å². The van der Waals surface area contributed by atoms with Gasteiger partial charge in [0, 0.05) is 47.1 Å². The maximum atomic E-state index is 7.04. The van der Waals surface area contributed by atoms with E-state index >= 15 is 0 Å². The molecule has 0 N–H and O–H groups in total. The normalized spacial score (nSPS) is 19.6. The minimum absolute atomic E-state index is 0.522. The zero-order valence-electron chi connectivity index (χ0n) is 20.3. The molecule has 6 rings (SSSR count). The molecule has 0 aliphatic carbocycles. The van der Waals surface area contributed by atoms with Crippen molar-refractivity contribution in [2.75, 3.05) is 31.6 Å². The highest BCUT2D eigenvalue weighted by Crippen LogP contribution is 2.48. The molecule has 4 aliphatic heterocycles. The van der Waals surface area contributed by atoms with Crippen LogP contribution in [0.4, 0.5) is 5.69 Å². The van der Waals surface area contributed by atoms with E-state index in [1.165, 1.54) is 94.4 Å². The van der Waals surface area contributed by atoms with Gasteiger partial charge in [-0.25, -0.2) is 4.58 Å². The Kier molecular flexibility index (Phi) is 4.85. The summed E-state index contributed by atoms with van der Waals surface area (Å²) < 4.78 is 9.52. The number of rotatable bonds is 3. The van der Waals surface area contributed by atoms with Crippen LogP contribution in [0.1, 0.15) is 74.3 Å². The van der Waals surface area contributed by atoms with Gasteiger partial charge in [-0.2, -0.15) is 0 Å². The first-order valence-electron chi connectivity index (χ1n) is 13.0. The molecular formula is C29H37N2O+. The number of hydrogen-bond donors (Lipinski definition) is 0. The number of ether oxygens (including phenoxy) is 1. The fourth-order valence-corrected chi connectivity index (χ4v) is 6.80. The Morgan fingerprint density at radius 2 is 1.78 bits per heavy atom. The lowest BCUT2D eigenvalue weighted by molar-refractivity contribution is 0.442. The van der Waals surface area contributed by atoms with Gasteiger partial charge in [0.05, 0.1) is 5.56 Å². The molecule has 3 nitrogen and oxygen atoms in total. The summed E-state index contributed by atoms with van der Waals surface area (Å²) in [6.07, 6.45) is 9.46. The zero-order valence-corrected chi connectivity index (χ0v) is 20.3. The summed E-state index contributed by atoms with van der Waals surface area (Å²) in [5.74, 6) is 2.89. The number of aryl methyl sites for hydroxylation is 2. The lowest BCUT2D eigenvalue weighted by atomic mass is 9.81. The summed E-state index contributed by atoms with van der Waals surface area (Å²) in [6.45, 7) is 10.6. The molecule has 1 unspecified atom stereocenters. The molecule has 0 aromatic heterocycles. The van der Waals surface area contributed by atoms with Crippen LogP contribution in [0.5, 0.6) is 11.5 Å². The first kappa shape index (κ1) is 20.3. The molecule has 3 heteroatoms. The molecule has 0 amide bonds. The van der Waals surface area contributed by atoms with Crippen LogP contribution in [0.15, 0.2) is 12.1 Å². The van der Waals surface area contributed by atoms with Gasteiger partial charge in [-0.05, 0) is 74.1 Å². The SMILES string of the molecule is CCc1cc2c(c3c1=[N+](C)CCC3)Oc1c(cc3c4c1CCCN4CCC3)C=2C(C)CC. The van der Waals surface area contributed by atoms with Crippen molar-refractivity contribution in [3.05, 3.63) is 50.5 Å². The molecule has 0 radical (unpaired) electrons. The molecule has 4 heterocycles. The second kappa shape index (κ2) is 7.64. The molecule has 2 aromatic rings. The third-order valence-corrected chi connectivity index (χ3v) is 8.47. The molecular weight excluding hydrogens is 392 g/mol. The average molecular weight is 430 g/mol. The van der Waals surface area contributed by atoms with Crippen LogP contribution in [0, 0.1) is 5.92 Å². The van der Waals surface area contributed by atoms with Gasteiger partial charge in [0.25, 0.3) is 0 Å². The number of fused-ring (bicyclic) bond motifs is 5. The van der Waals surface area contributed by atoms with E-state index in [9.17, 15) is 0 Å². The van der Waals surface area contributed by atoms with E-state index in [1.54, 1.807) is 5.56 Å². The van der Waals surface area contributed by atoms with Gasteiger partial charge >= 0.3 is 0 Å². The highest BCUT2D eigenvalue weighted by Gasteiger charge is 2.34. The zero-order chi connectivity index (χ0) is 22.0. The topological polar surface area (TPSA) is 15.5 Å². The molecule has 1 atom stereocenters. The Morgan fingerprint density at radius 3 is 2.56 bits per heavy atom. The van der Waals surface area contributed by atoms with Crippen molar-refractivity contribution >= 4 is 11.3 Å². The number of benzene rings is 2. The van der Waals surface area contributed by atoms with Crippen LogP contribution < -0.4 is 24.8 Å². The Hall–Kier alpha value is -2.29. The van der Waals surface area contributed by atoms with E-state index in [2.05, 4.69) is 49.4 Å². The van der Waals surface area contributed by atoms with E-state index in [-0.39, 0.29) is 0 Å². The van der Waals surface area contributed by atoms with Gasteiger partial charge in [0.15, 0.2) is 0 Å². The Bertz CT molecular complexity index is 1240. The van der Waals surface area contributed by atoms with Crippen molar-refractivity contribution in [3.8, 4) is 11.5 Å². The molecule has 2 aromatic carbocycles. The Morgan fingerprint density at radius 1 is 1.00 bits per heavy atom. The van der Waals surface area contributed by atoms with Crippen molar-refractivity contribution in [1.82, 2.24) is 4.58 Å². The molecule has 168 valence electrons. The van der Waals surface area contributed by atoms with E-state index in [1.807, 2.05) is 0 Å². The average Bonchev–Trinajstić information content (AvgIpc) is 2.82. The quantitative estimate of drug-likeness (QED) is 0.674. The molecule has 0 saturated carbocycles. The maximum Gasteiger partial charge on any atom is 0.209 e. The second-order valence-corrected chi connectivity index (χ2v) is 10.4. The minimum atomic E-state index is 0.522. The van der Waals surface area contributed by atoms with E-state index < -0.39 is 0 Å². The molecule has 0 spiro atoms. The first-order valence-corrected chi connectivity index (χ1v) is 13.0. The fraction of sp³-hybridized carbons (Fsp3) is 0.552. The summed E-state index contributed by atoms with van der Waals surface area (Å²) in [6, 6.07) is 5.00. The monoisotopic (exact) mass is 429 g/mol. The highest BCUT2D eigenvalue weighted by molar-refractivity contribution is 5.83. The predicted molar refractivity (Wildman–Crippen MR) is 133 cm³/mol. The summed E-state index contributed by atoms with van der Waals surface area (Å²) >= 11 is 0. The van der Waals surface area contributed by atoms with Crippen molar-refractivity contribution in [2.45, 2.75) is 72.1 Å². The van der Waals surface area contributed by atoms with Gasteiger partial charge in [-0.15, -0.1) is 0 Å². The molecule has 0 saturated heterocycles. The third kappa shape index (κ3) is 2.82. The molecule has 32 heavy (non-hydrogen) atoms. The summed E-state index contributed by atoms with van der Waals surface area (Å²) in [5, 5.41) is 2.83. The summed E-state index contributed by atoms with van der Waals surface area (Å²) in [4.78, 5) is 2.64. The predicted octanol–water partition coefficient (Wildman–Crippen LogP) is 4.37. The largest absolute Gasteiger partial charge is 0.455 e. The minimum Gasteiger partial charge on any atom is -0.455 e. The Labute approximate surface area is 192 Å². The maximum absolute atomic E-state index is 7.04. The second-order valence-electron chi connectivity index (χ2n) is 10.4. The van der Waals surface area contributed by atoms with Crippen LogP contribution >= 0.6 is 0 Å². The smallest absolute Gasteiger partial charge is 0.209 e. The van der Waals surface area contributed by atoms with E-state index in [0.717, 1.165) is 32.2 Å². The fourth-order valence-electron chi connectivity index (χ4n) is 6.80. The van der Waals surface area contributed by atoms with Gasteiger partial charge < -0.3 is 9.64 Å². The van der Waals surface area contributed by atoms with Gasteiger partial charge in [0.2, 0.25) is 5.36 Å². The van der Waals surface area contributed by atoms with E-state index in [0.29, 0.717) is 5.92 Å². The van der Waals surface area contributed by atoms with Crippen LogP contribution in [0.25, 0.3) is 5.57 Å². The van der Waals surface area contributed by atoms with Gasteiger partial charge in [-0.3, -0.25) is 0 Å². The van der Waals surface area contributed by atoms with Crippen molar-refractivity contribution in [3.63, 3.8) is 0 Å². The first-order chi connectivity index (χ1) is 15.6. The van der Waals surface area contributed by atoms with Gasteiger partial charge in [0.1, 0.15) is 25.1 Å². The third-order valence-electron chi connectivity index (χ3n) is 8.47. The molecule has 4 aliphatic rings. The van der Waals surface area contributed by atoms with Gasteiger partial charge in [-0.1, -0.05) is 20.8 Å². The lowest BCUT2D eigenvalue weighted by Crippen LogP contribution is -2.40. The number of hydrogen-bond acceptors (Lipinski definition) is 2. The van der Waals surface area contributed by atoms with Crippen LogP contribution in [-0.4, -0.2) is 26.7 Å². The van der Waals surface area contributed by atoms with Crippen molar-refractivity contribution in [2.24, 2.45) is 5.92 Å². The number of anilines is 1. The highest BCUT2D eigenvalue weighted by atomic mass is 16.5. The number of nitrogens with zero attached hydrogens (tertiary/aromatic N) is 2. The molecule has 0 fully saturated rings. The Balaban J connectivity index is 1.74. The summed E-state index contributed by atoms with van der Waals surface area (Å²) in [7, 11) is 2.26.